The Morgan fingerprint density at radius 2 is 2.43 bits per heavy atom. The van der Waals surface area contributed by atoms with E-state index in [1.165, 1.54) is 0 Å². The number of fused-ring (bicyclic) bond motifs is 1. The van der Waals surface area contributed by atoms with Crippen LogP contribution in [-0.4, -0.2) is 27.1 Å². The first-order valence-corrected chi connectivity index (χ1v) is 4.73. The number of aryl methyl sites for hydroxylation is 1. The van der Waals surface area contributed by atoms with Gasteiger partial charge in [-0.1, -0.05) is 0 Å². The molecule has 2 aromatic rings. The summed E-state index contributed by atoms with van der Waals surface area (Å²) in [6.45, 7) is 0. The normalized spacial score (nSPS) is 10.6. The molecule has 0 saturated heterocycles. The molecule has 0 atom stereocenters. The molecule has 0 bridgehead atoms. The number of carbonyl (C=O) groups excluding carboxylic acids is 1. The molecule has 5 heteroatoms. The quantitative estimate of drug-likeness (QED) is 0.617. The van der Waals surface area contributed by atoms with Gasteiger partial charge in [-0.2, -0.15) is 0 Å². The molecule has 0 aromatic carbocycles. The van der Waals surface area contributed by atoms with Gasteiger partial charge in [0, 0.05) is 18.5 Å². The fraction of sp³-hybridized carbons (Fsp3) is 0.222. The predicted molar refractivity (Wildman–Crippen MR) is 53.7 cm³/mol. The molecule has 0 aliphatic heterocycles. The number of rotatable bonds is 3. The molecule has 0 fully saturated rings. The minimum Gasteiger partial charge on any atom is -0.336 e. The number of nitrogens with zero attached hydrogens (tertiary/aromatic N) is 2. The molecular formula is C9H8ClN3O. The standard InChI is InChI=1S/C9H8ClN3O/c10-3-1-6-9-7(2-4-11-6)12-8(5-14)13-9/h2,4-5H,1,3H2,(H,12,13). The summed E-state index contributed by atoms with van der Waals surface area (Å²) in [5.74, 6) is 0.818. The molecule has 0 unspecified atom stereocenters. The van der Waals surface area contributed by atoms with E-state index in [-0.39, 0.29) is 0 Å². The van der Waals surface area contributed by atoms with Crippen molar-refractivity contribution in [2.24, 2.45) is 0 Å². The third-order valence-electron chi connectivity index (χ3n) is 1.94. The van der Waals surface area contributed by atoms with Gasteiger partial charge in [-0.25, -0.2) is 4.98 Å². The molecule has 2 aromatic heterocycles. The Balaban J connectivity index is 2.60. The fourth-order valence-corrected chi connectivity index (χ4v) is 1.52. The molecule has 0 saturated carbocycles. The molecule has 0 amide bonds. The maximum absolute atomic E-state index is 10.5. The summed E-state index contributed by atoms with van der Waals surface area (Å²) in [5, 5.41) is 0. The second-order valence-corrected chi connectivity index (χ2v) is 3.21. The number of pyridine rings is 1. The number of halogens is 1. The highest BCUT2D eigenvalue weighted by molar-refractivity contribution is 6.18. The minimum atomic E-state index is 0.323. The molecule has 4 nitrogen and oxygen atoms in total. The van der Waals surface area contributed by atoms with Crippen molar-refractivity contribution in [2.75, 3.05) is 5.88 Å². The highest BCUT2D eigenvalue weighted by atomic mass is 35.5. The Kier molecular flexibility index (Phi) is 2.45. The average molecular weight is 210 g/mol. The molecule has 0 spiro atoms. The van der Waals surface area contributed by atoms with E-state index < -0.39 is 0 Å². The summed E-state index contributed by atoms with van der Waals surface area (Å²) in [6, 6.07) is 1.78. The van der Waals surface area contributed by atoms with Crippen LogP contribution in [0.15, 0.2) is 12.3 Å². The summed E-state index contributed by atoms with van der Waals surface area (Å²) in [6.07, 6.45) is 3.02. The lowest BCUT2D eigenvalue weighted by Crippen LogP contribution is -1.92. The lowest BCUT2D eigenvalue weighted by Gasteiger charge is -1.96. The zero-order valence-electron chi connectivity index (χ0n) is 7.33. The molecule has 14 heavy (non-hydrogen) atoms. The zero-order chi connectivity index (χ0) is 9.97. The third kappa shape index (κ3) is 1.48. The van der Waals surface area contributed by atoms with Crippen molar-refractivity contribution >= 4 is 28.9 Å². The van der Waals surface area contributed by atoms with E-state index in [2.05, 4.69) is 15.0 Å². The van der Waals surface area contributed by atoms with Crippen molar-refractivity contribution in [3.8, 4) is 0 Å². The molecule has 0 aliphatic carbocycles. The maximum Gasteiger partial charge on any atom is 0.185 e. The molecule has 2 heterocycles. The van der Waals surface area contributed by atoms with E-state index in [0.717, 1.165) is 16.7 Å². The second-order valence-electron chi connectivity index (χ2n) is 2.83. The van der Waals surface area contributed by atoms with E-state index >= 15 is 0 Å². The molecule has 0 aliphatic rings. The van der Waals surface area contributed by atoms with Crippen molar-refractivity contribution in [1.29, 1.82) is 0 Å². The number of hydrogen-bond donors (Lipinski definition) is 1. The van der Waals surface area contributed by atoms with Crippen LogP contribution in [0.25, 0.3) is 11.0 Å². The van der Waals surface area contributed by atoms with Crippen LogP contribution in [0, 0.1) is 0 Å². The van der Waals surface area contributed by atoms with Crippen LogP contribution >= 0.6 is 11.6 Å². The second kappa shape index (κ2) is 3.75. The number of hydrogen-bond acceptors (Lipinski definition) is 3. The Bertz CT molecular complexity index is 466. The summed E-state index contributed by atoms with van der Waals surface area (Å²) in [4.78, 5) is 21.7. The van der Waals surface area contributed by atoms with E-state index in [0.29, 0.717) is 24.4 Å². The molecule has 1 N–H and O–H groups in total. The van der Waals surface area contributed by atoms with Gasteiger partial charge in [-0.3, -0.25) is 9.78 Å². The predicted octanol–water partition coefficient (Wildman–Crippen LogP) is 1.55. The van der Waals surface area contributed by atoms with Gasteiger partial charge in [-0.15, -0.1) is 11.6 Å². The third-order valence-corrected chi connectivity index (χ3v) is 2.13. The van der Waals surface area contributed by atoms with E-state index in [4.69, 9.17) is 11.6 Å². The first-order chi connectivity index (χ1) is 6.85. The Labute approximate surface area is 85.3 Å². The largest absolute Gasteiger partial charge is 0.336 e. The lowest BCUT2D eigenvalue weighted by atomic mass is 10.2. The maximum atomic E-state index is 10.5. The number of imidazole rings is 1. The van der Waals surface area contributed by atoms with E-state index in [1.807, 2.05) is 0 Å². The van der Waals surface area contributed by atoms with Crippen LogP contribution in [0.1, 0.15) is 16.3 Å². The zero-order valence-corrected chi connectivity index (χ0v) is 8.08. The lowest BCUT2D eigenvalue weighted by molar-refractivity contribution is 0.111. The van der Waals surface area contributed by atoms with Gasteiger partial charge in [0.05, 0.1) is 11.2 Å². The Morgan fingerprint density at radius 1 is 1.57 bits per heavy atom. The highest BCUT2D eigenvalue weighted by Gasteiger charge is 2.06. The first kappa shape index (κ1) is 9.15. The number of nitrogens with one attached hydrogen (secondary N) is 1. The van der Waals surface area contributed by atoms with Crippen LogP contribution in [0.2, 0.25) is 0 Å². The smallest absolute Gasteiger partial charge is 0.185 e. The number of aldehydes is 1. The number of carbonyl (C=O) groups is 1. The van der Waals surface area contributed by atoms with Gasteiger partial charge in [0.15, 0.2) is 12.1 Å². The molecule has 72 valence electrons. The summed E-state index contributed by atoms with van der Waals surface area (Å²) in [7, 11) is 0. The topological polar surface area (TPSA) is 58.6 Å². The van der Waals surface area contributed by atoms with E-state index in [1.54, 1.807) is 12.3 Å². The summed E-state index contributed by atoms with van der Waals surface area (Å²) < 4.78 is 0. The summed E-state index contributed by atoms with van der Waals surface area (Å²) >= 11 is 5.63. The van der Waals surface area contributed by atoms with Gasteiger partial charge in [-0.05, 0) is 6.07 Å². The minimum absolute atomic E-state index is 0.323. The number of aromatic nitrogens is 3. The van der Waals surface area contributed by atoms with Gasteiger partial charge < -0.3 is 4.98 Å². The van der Waals surface area contributed by atoms with Crippen molar-refractivity contribution in [3.63, 3.8) is 0 Å². The first-order valence-electron chi connectivity index (χ1n) is 4.20. The number of alkyl halides is 1. The fourth-order valence-electron chi connectivity index (χ4n) is 1.34. The van der Waals surface area contributed by atoms with Crippen LogP contribution < -0.4 is 0 Å². The summed E-state index contributed by atoms with van der Waals surface area (Å²) in [5.41, 5.74) is 2.37. The number of aromatic amines is 1. The van der Waals surface area contributed by atoms with Gasteiger partial charge in [0.2, 0.25) is 0 Å². The van der Waals surface area contributed by atoms with Gasteiger partial charge in [0.25, 0.3) is 0 Å². The van der Waals surface area contributed by atoms with Crippen molar-refractivity contribution in [1.82, 2.24) is 15.0 Å². The van der Waals surface area contributed by atoms with E-state index in [9.17, 15) is 4.79 Å². The molecule has 2 rings (SSSR count). The van der Waals surface area contributed by atoms with Gasteiger partial charge >= 0.3 is 0 Å². The average Bonchev–Trinajstić information content (AvgIpc) is 2.62. The SMILES string of the molecule is O=Cc1nc2c(CCCl)nccc2[nH]1. The molecule has 0 radical (unpaired) electrons. The monoisotopic (exact) mass is 209 g/mol. The van der Waals surface area contributed by atoms with Crippen LogP contribution in [0.3, 0.4) is 0 Å². The van der Waals surface area contributed by atoms with Gasteiger partial charge in [0.1, 0.15) is 5.52 Å². The van der Waals surface area contributed by atoms with Crippen LogP contribution in [-0.2, 0) is 6.42 Å². The molecular weight excluding hydrogens is 202 g/mol. The van der Waals surface area contributed by atoms with Crippen LogP contribution in [0.4, 0.5) is 0 Å². The van der Waals surface area contributed by atoms with Crippen molar-refractivity contribution < 1.29 is 4.79 Å². The van der Waals surface area contributed by atoms with Crippen LogP contribution in [0.5, 0.6) is 0 Å². The Hall–Kier alpha value is -1.42. The van der Waals surface area contributed by atoms with Crippen molar-refractivity contribution in [3.05, 3.63) is 23.8 Å². The Morgan fingerprint density at radius 3 is 3.14 bits per heavy atom. The van der Waals surface area contributed by atoms with Crippen molar-refractivity contribution in [2.45, 2.75) is 6.42 Å². The number of H-pyrrole nitrogens is 1. The highest BCUT2D eigenvalue weighted by Crippen LogP contribution is 2.14.